The molecule has 1 aliphatic rings. The molecule has 1 unspecified atom stereocenters. The molecule has 0 saturated heterocycles. The first-order chi connectivity index (χ1) is 7.70. The van der Waals surface area contributed by atoms with Crippen LogP contribution in [0.3, 0.4) is 0 Å². The Morgan fingerprint density at radius 1 is 1.19 bits per heavy atom. The van der Waals surface area contributed by atoms with Gasteiger partial charge in [0.2, 0.25) is 0 Å². The zero-order valence-corrected chi connectivity index (χ0v) is 11.8. The van der Waals surface area contributed by atoms with Crippen molar-refractivity contribution in [2.45, 2.75) is 39.0 Å². The smallest absolute Gasteiger partial charge is 0.0103 e. The number of alkyl halides is 1. The highest BCUT2D eigenvalue weighted by Gasteiger charge is 2.31. The largest absolute Gasteiger partial charge is 0.0921 e. The molecule has 0 aliphatic heterocycles. The molecule has 0 amide bonds. The third-order valence-electron chi connectivity index (χ3n) is 3.41. The van der Waals surface area contributed by atoms with Gasteiger partial charge in [-0.3, -0.25) is 0 Å². The minimum absolute atomic E-state index is 0.744. The summed E-state index contributed by atoms with van der Waals surface area (Å²) < 4.78 is 0. The van der Waals surface area contributed by atoms with Crippen molar-refractivity contribution < 1.29 is 0 Å². The van der Waals surface area contributed by atoms with E-state index in [2.05, 4.69) is 54.0 Å². The molecule has 0 N–H and O–H groups in total. The van der Waals surface area contributed by atoms with E-state index in [4.69, 9.17) is 0 Å². The number of hydrogen-bond acceptors (Lipinski definition) is 0. The molecule has 16 heavy (non-hydrogen) atoms. The normalized spacial score (nSPS) is 17.8. The van der Waals surface area contributed by atoms with Gasteiger partial charge in [0.1, 0.15) is 0 Å². The predicted molar refractivity (Wildman–Crippen MR) is 74.2 cm³/mol. The molecular weight excluding hydrogens is 260 g/mol. The van der Waals surface area contributed by atoms with Gasteiger partial charge in [-0.15, -0.1) is 0 Å². The molecule has 1 saturated carbocycles. The Labute approximate surface area is 108 Å². The summed E-state index contributed by atoms with van der Waals surface area (Å²) in [6.45, 7) is 4.55. The van der Waals surface area contributed by atoms with Crippen LogP contribution < -0.4 is 0 Å². The van der Waals surface area contributed by atoms with E-state index in [1.807, 2.05) is 0 Å². The van der Waals surface area contributed by atoms with Gasteiger partial charge in [-0.05, 0) is 48.1 Å². The van der Waals surface area contributed by atoms with Crippen molar-refractivity contribution in [1.82, 2.24) is 0 Å². The van der Waals surface area contributed by atoms with Crippen molar-refractivity contribution in [3.8, 4) is 0 Å². The average molecular weight is 281 g/mol. The van der Waals surface area contributed by atoms with E-state index in [9.17, 15) is 0 Å². The molecule has 0 aromatic heterocycles. The lowest BCUT2D eigenvalue weighted by molar-refractivity contribution is 0.645. The topological polar surface area (TPSA) is 0 Å². The summed E-state index contributed by atoms with van der Waals surface area (Å²) in [7, 11) is 0. The van der Waals surface area contributed by atoms with Crippen LogP contribution in [0, 0.1) is 11.8 Å². The van der Waals surface area contributed by atoms with E-state index >= 15 is 0 Å². The second-order valence-electron chi connectivity index (χ2n) is 5.44. The number of benzene rings is 1. The Morgan fingerprint density at radius 2 is 1.81 bits per heavy atom. The van der Waals surface area contributed by atoms with Gasteiger partial charge in [-0.25, -0.2) is 0 Å². The highest BCUT2D eigenvalue weighted by Crippen LogP contribution is 2.43. The fraction of sp³-hybridized carbons (Fsp3) is 0.600. The van der Waals surface area contributed by atoms with Crippen LogP contribution in [0.4, 0.5) is 0 Å². The first-order valence-electron chi connectivity index (χ1n) is 6.35. The molecule has 88 valence electrons. The number of rotatable bonds is 5. The summed E-state index contributed by atoms with van der Waals surface area (Å²) in [4.78, 5) is 0. The van der Waals surface area contributed by atoms with Crippen LogP contribution in [-0.2, 0) is 6.42 Å². The Balaban J connectivity index is 2.05. The summed E-state index contributed by atoms with van der Waals surface area (Å²) in [5.41, 5.74) is 3.00. The summed E-state index contributed by atoms with van der Waals surface area (Å²) >= 11 is 3.65. The van der Waals surface area contributed by atoms with Gasteiger partial charge in [0, 0.05) is 5.33 Å². The van der Waals surface area contributed by atoms with Gasteiger partial charge < -0.3 is 0 Å². The second-order valence-corrected chi connectivity index (χ2v) is 6.09. The third kappa shape index (κ3) is 3.10. The van der Waals surface area contributed by atoms with Crippen LogP contribution in [0.1, 0.15) is 43.7 Å². The van der Waals surface area contributed by atoms with E-state index in [0.717, 1.165) is 23.1 Å². The minimum Gasteiger partial charge on any atom is -0.0921 e. The third-order valence-corrected chi connectivity index (χ3v) is 4.11. The monoisotopic (exact) mass is 280 g/mol. The zero-order valence-electron chi connectivity index (χ0n) is 10.2. The van der Waals surface area contributed by atoms with Gasteiger partial charge in [-0.1, -0.05) is 54.0 Å². The van der Waals surface area contributed by atoms with Crippen molar-refractivity contribution in [3.63, 3.8) is 0 Å². The van der Waals surface area contributed by atoms with E-state index < -0.39 is 0 Å². The van der Waals surface area contributed by atoms with E-state index in [0.29, 0.717) is 0 Å². The van der Waals surface area contributed by atoms with E-state index in [1.54, 1.807) is 0 Å². The zero-order chi connectivity index (χ0) is 11.5. The molecule has 1 fully saturated rings. The molecule has 1 aromatic carbocycles. The van der Waals surface area contributed by atoms with Gasteiger partial charge in [0.25, 0.3) is 0 Å². The molecular formula is C15H21Br. The van der Waals surface area contributed by atoms with Crippen LogP contribution in [0.2, 0.25) is 0 Å². The molecule has 0 heterocycles. The van der Waals surface area contributed by atoms with Crippen LogP contribution in [-0.4, -0.2) is 5.33 Å². The van der Waals surface area contributed by atoms with Crippen LogP contribution in [0.5, 0.6) is 0 Å². The predicted octanol–water partition coefficient (Wildman–Crippen LogP) is 4.77. The molecule has 1 atom stereocenters. The van der Waals surface area contributed by atoms with Crippen molar-refractivity contribution in [3.05, 3.63) is 35.4 Å². The molecule has 0 bridgehead atoms. The van der Waals surface area contributed by atoms with Crippen LogP contribution >= 0.6 is 15.9 Å². The van der Waals surface area contributed by atoms with Gasteiger partial charge in [0.05, 0.1) is 0 Å². The molecule has 0 radical (unpaired) electrons. The molecule has 0 spiro atoms. The summed E-state index contributed by atoms with van der Waals surface area (Å²) in [5.74, 6) is 2.43. The Kier molecular flexibility index (Phi) is 4.07. The maximum absolute atomic E-state index is 3.65. The maximum atomic E-state index is 3.65. The van der Waals surface area contributed by atoms with Crippen molar-refractivity contribution in [2.75, 3.05) is 5.33 Å². The Morgan fingerprint density at radius 3 is 2.25 bits per heavy atom. The number of halogens is 1. The van der Waals surface area contributed by atoms with Gasteiger partial charge in [0.15, 0.2) is 0 Å². The second kappa shape index (κ2) is 5.35. The highest BCUT2D eigenvalue weighted by molar-refractivity contribution is 9.09. The molecule has 1 aliphatic carbocycles. The SMILES string of the molecule is CC(C)Cc1ccc(C(CBr)C2CC2)cc1. The fourth-order valence-electron chi connectivity index (χ4n) is 2.36. The molecule has 1 heteroatoms. The summed E-state index contributed by atoms with van der Waals surface area (Å²) in [6, 6.07) is 9.30. The Hall–Kier alpha value is -0.300. The fourth-order valence-corrected chi connectivity index (χ4v) is 3.26. The quantitative estimate of drug-likeness (QED) is 0.682. The molecule has 1 aromatic rings. The lowest BCUT2D eigenvalue weighted by Crippen LogP contribution is -2.03. The lowest BCUT2D eigenvalue weighted by Gasteiger charge is -2.14. The first-order valence-corrected chi connectivity index (χ1v) is 7.47. The standard InChI is InChI=1S/C15H21Br/c1-11(2)9-12-3-5-13(6-4-12)15(10-16)14-7-8-14/h3-6,11,14-15H,7-10H2,1-2H3. The lowest BCUT2D eigenvalue weighted by atomic mass is 9.94. The summed E-state index contributed by atoms with van der Waals surface area (Å²) in [5, 5.41) is 1.11. The Bertz CT molecular complexity index is 322. The minimum atomic E-state index is 0.744. The van der Waals surface area contributed by atoms with Gasteiger partial charge in [-0.2, -0.15) is 0 Å². The van der Waals surface area contributed by atoms with Crippen molar-refractivity contribution >= 4 is 15.9 Å². The average Bonchev–Trinajstić information content (AvgIpc) is 3.05. The van der Waals surface area contributed by atoms with E-state index in [1.165, 1.54) is 30.4 Å². The van der Waals surface area contributed by atoms with E-state index in [-0.39, 0.29) is 0 Å². The molecule has 2 rings (SSSR count). The van der Waals surface area contributed by atoms with Crippen molar-refractivity contribution in [1.29, 1.82) is 0 Å². The summed E-state index contributed by atoms with van der Waals surface area (Å²) in [6.07, 6.45) is 4.04. The van der Waals surface area contributed by atoms with Crippen LogP contribution in [0.15, 0.2) is 24.3 Å². The van der Waals surface area contributed by atoms with Gasteiger partial charge >= 0.3 is 0 Å². The highest BCUT2D eigenvalue weighted by atomic mass is 79.9. The maximum Gasteiger partial charge on any atom is 0.0103 e. The van der Waals surface area contributed by atoms with Crippen molar-refractivity contribution in [2.24, 2.45) is 11.8 Å². The number of hydrogen-bond donors (Lipinski definition) is 0. The molecule has 0 nitrogen and oxygen atoms in total. The first kappa shape index (κ1) is 12.2. The van der Waals surface area contributed by atoms with Crippen LogP contribution in [0.25, 0.3) is 0 Å².